The summed E-state index contributed by atoms with van der Waals surface area (Å²) < 4.78 is 6.40. The number of thioether (sulfide) groups is 1. The number of anilines is 1. The highest BCUT2D eigenvalue weighted by Gasteiger charge is 2.37. The van der Waals surface area contributed by atoms with Gasteiger partial charge in [-0.2, -0.15) is 0 Å². The number of halogens is 1. The van der Waals surface area contributed by atoms with Gasteiger partial charge >= 0.3 is 0 Å². The molecule has 146 valence electrons. The molecule has 3 rings (SSSR count). The first kappa shape index (κ1) is 20.4. The van der Waals surface area contributed by atoms with Crippen molar-refractivity contribution in [1.29, 1.82) is 0 Å². The molecule has 8 heteroatoms. The lowest BCUT2D eigenvalue weighted by atomic mass is 10.2. The Morgan fingerprint density at radius 2 is 2.04 bits per heavy atom. The third-order valence-electron chi connectivity index (χ3n) is 3.99. The smallest absolute Gasteiger partial charge is 0.242 e. The van der Waals surface area contributed by atoms with E-state index < -0.39 is 5.25 Å². The lowest BCUT2D eigenvalue weighted by molar-refractivity contribution is -0.127. The third-order valence-corrected chi connectivity index (χ3v) is 5.75. The molecule has 0 bridgehead atoms. The summed E-state index contributed by atoms with van der Waals surface area (Å²) >= 11 is 4.69. The summed E-state index contributed by atoms with van der Waals surface area (Å²) in [6.07, 6.45) is 0.0755. The quantitative estimate of drug-likeness (QED) is 0.689. The number of hydrogen-bond acceptors (Lipinski definition) is 5. The average Bonchev–Trinajstić information content (AvgIpc) is 2.92. The van der Waals surface area contributed by atoms with Crippen LogP contribution in [-0.2, 0) is 9.59 Å². The molecule has 1 aliphatic rings. The van der Waals surface area contributed by atoms with E-state index in [1.165, 1.54) is 16.7 Å². The molecular formula is C20H20BrN3O3S. The Bertz CT molecular complexity index is 902. The Labute approximate surface area is 176 Å². The van der Waals surface area contributed by atoms with Crippen molar-refractivity contribution in [2.45, 2.75) is 18.6 Å². The Morgan fingerprint density at radius 3 is 2.75 bits per heavy atom. The molecule has 28 heavy (non-hydrogen) atoms. The van der Waals surface area contributed by atoms with Gasteiger partial charge in [-0.25, -0.2) is 4.99 Å². The molecule has 0 saturated carbocycles. The van der Waals surface area contributed by atoms with Gasteiger partial charge in [0.05, 0.1) is 12.3 Å². The number of aliphatic imine (C=N–C) groups is 1. The van der Waals surface area contributed by atoms with Crippen LogP contribution >= 0.6 is 27.7 Å². The maximum Gasteiger partial charge on any atom is 0.242 e. The van der Waals surface area contributed by atoms with Crippen LogP contribution in [0.3, 0.4) is 0 Å². The first-order valence-electron chi connectivity index (χ1n) is 8.77. The van der Waals surface area contributed by atoms with E-state index in [1.807, 2.05) is 43.3 Å². The number of amides is 2. The molecule has 1 heterocycles. The highest BCUT2D eigenvalue weighted by atomic mass is 79.9. The first-order chi connectivity index (χ1) is 13.5. The van der Waals surface area contributed by atoms with Crippen LogP contribution < -0.4 is 10.1 Å². The average molecular weight is 462 g/mol. The molecule has 2 aromatic carbocycles. The van der Waals surface area contributed by atoms with Crippen LogP contribution in [0.15, 0.2) is 58.0 Å². The van der Waals surface area contributed by atoms with Crippen molar-refractivity contribution in [3.05, 3.63) is 53.0 Å². The van der Waals surface area contributed by atoms with Crippen LogP contribution in [-0.4, -0.2) is 40.8 Å². The van der Waals surface area contributed by atoms with Gasteiger partial charge in [-0.1, -0.05) is 33.8 Å². The van der Waals surface area contributed by atoms with Crippen LogP contribution in [0.4, 0.5) is 11.4 Å². The Balaban J connectivity index is 1.64. The topological polar surface area (TPSA) is 71.0 Å². The molecule has 0 radical (unpaired) electrons. The van der Waals surface area contributed by atoms with Crippen molar-refractivity contribution in [2.24, 2.45) is 4.99 Å². The predicted octanol–water partition coefficient (Wildman–Crippen LogP) is 4.44. The second-order valence-electron chi connectivity index (χ2n) is 6.09. The molecule has 6 nitrogen and oxygen atoms in total. The molecule has 0 spiro atoms. The van der Waals surface area contributed by atoms with Gasteiger partial charge in [0.2, 0.25) is 11.8 Å². The second kappa shape index (κ2) is 9.25. The monoisotopic (exact) mass is 461 g/mol. The summed E-state index contributed by atoms with van der Waals surface area (Å²) in [5.41, 5.74) is 1.40. The summed E-state index contributed by atoms with van der Waals surface area (Å²) in [6, 6.07) is 14.7. The minimum Gasteiger partial charge on any atom is -0.494 e. The highest BCUT2D eigenvalue weighted by molar-refractivity contribution is 9.10. The van der Waals surface area contributed by atoms with Gasteiger partial charge in [0.25, 0.3) is 0 Å². The molecule has 1 fully saturated rings. The van der Waals surface area contributed by atoms with Crippen molar-refractivity contribution in [3.63, 3.8) is 0 Å². The Hall–Kier alpha value is -2.32. The van der Waals surface area contributed by atoms with E-state index in [-0.39, 0.29) is 18.2 Å². The molecular weight excluding hydrogens is 442 g/mol. The number of carbonyl (C=O) groups excluding carboxylic acids is 2. The van der Waals surface area contributed by atoms with E-state index in [9.17, 15) is 9.59 Å². The number of benzene rings is 2. The number of nitrogens with one attached hydrogen (secondary N) is 1. The molecule has 0 aliphatic carbocycles. The lowest BCUT2D eigenvalue weighted by Gasteiger charge is -2.10. The van der Waals surface area contributed by atoms with Crippen molar-refractivity contribution in [3.8, 4) is 5.75 Å². The van der Waals surface area contributed by atoms with Crippen molar-refractivity contribution in [1.82, 2.24) is 4.90 Å². The number of hydrogen-bond donors (Lipinski definition) is 1. The third kappa shape index (κ3) is 5.14. The number of amidine groups is 1. The normalized spacial score (nSPS) is 17.8. The van der Waals surface area contributed by atoms with E-state index in [4.69, 9.17) is 4.74 Å². The van der Waals surface area contributed by atoms with E-state index in [0.29, 0.717) is 23.2 Å². The number of nitrogens with zero attached hydrogens (tertiary/aromatic N) is 2. The van der Waals surface area contributed by atoms with Crippen LogP contribution in [0, 0.1) is 0 Å². The summed E-state index contributed by atoms with van der Waals surface area (Å²) in [5.74, 6) is 0.340. The molecule has 2 aromatic rings. The maximum absolute atomic E-state index is 12.5. The van der Waals surface area contributed by atoms with Crippen molar-refractivity contribution < 1.29 is 14.3 Å². The Morgan fingerprint density at radius 1 is 1.29 bits per heavy atom. The fourth-order valence-corrected chi connectivity index (χ4v) is 4.05. The van der Waals surface area contributed by atoms with Crippen molar-refractivity contribution in [2.75, 3.05) is 19.0 Å². The molecule has 2 amide bonds. The number of carbonyl (C=O) groups is 2. The maximum atomic E-state index is 12.5. The zero-order valence-electron chi connectivity index (χ0n) is 15.5. The van der Waals surface area contributed by atoms with Crippen LogP contribution in [0.25, 0.3) is 0 Å². The SMILES string of the molecule is CCOc1cccc(NC(=O)C[C@H]2SC(=Nc3ccc(Br)cc3)N(C)C2=O)c1. The fraction of sp³-hybridized carbons (Fsp3) is 0.250. The highest BCUT2D eigenvalue weighted by Crippen LogP contribution is 2.31. The molecule has 0 unspecified atom stereocenters. The van der Waals surface area contributed by atoms with Gasteiger partial charge in [0.15, 0.2) is 5.17 Å². The fourth-order valence-electron chi connectivity index (χ4n) is 2.63. The molecule has 1 aliphatic heterocycles. The minimum atomic E-state index is -0.491. The minimum absolute atomic E-state index is 0.0755. The van der Waals surface area contributed by atoms with Gasteiger partial charge < -0.3 is 10.1 Å². The van der Waals surface area contributed by atoms with E-state index in [2.05, 4.69) is 26.2 Å². The van der Waals surface area contributed by atoms with Gasteiger partial charge in [0.1, 0.15) is 11.0 Å². The zero-order chi connectivity index (χ0) is 20.1. The van der Waals surface area contributed by atoms with Crippen LogP contribution in [0.5, 0.6) is 5.75 Å². The molecule has 1 atom stereocenters. The molecule has 1 saturated heterocycles. The summed E-state index contributed by atoms with van der Waals surface area (Å²) in [6.45, 7) is 2.45. The first-order valence-corrected chi connectivity index (χ1v) is 10.4. The largest absolute Gasteiger partial charge is 0.494 e. The summed E-state index contributed by atoms with van der Waals surface area (Å²) in [5, 5.41) is 2.92. The molecule has 0 aromatic heterocycles. The second-order valence-corrected chi connectivity index (χ2v) is 8.17. The van der Waals surface area contributed by atoms with Gasteiger partial charge in [-0.05, 0) is 43.3 Å². The van der Waals surface area contributed by atoms with Gasteiger partial charge in [-0.15, -0.1) is 0 Å². The summed E-state index contributed by atoms with van der Waals surface area (Å²) in [4.78, 5) is 30.9. The van der Waals surface area contributed by atoms with Crippen molar-refractivity contribution >= 4 is 56.0 Å². The van der Waals surface area contributed by atoms with Crippen LogP contribution in [0.1, 0.15) is 13.3 Å². The van der Waals surface area contributed by atoms with E-state index in [1.54, 1.807) is 19.2 Å². The van der Waals surface area contributed by atoms with E-state index in [0.717, 1.165) is 10.2 Å². The number of ether oxygens (including phenoxy) is 1. The molecule has 1 N–H and O–H groups in total. The lowest BCUT2D eigenvalue weighted by Crippen LogP contribution is -2.30. The summed E-state index contributed by atoms with van der Waals surface area (Å²) in [7, 11) is 1.68. The number of rotatable bonds is 6. The zero-order valence-corrected chi connectivity index (χ0v) is 17.9. The Kier molecular flexibility index (Phi) is 6.74. The predicted molar refractivity (Wildman–Crippen MR) is 116 cm³/mol. The van der Waals surface area contributed by atoms with E-state index >= 15 is 0 Å². The van der Waals surface area contributed by atoms with Crippen LogP contribution in [0.2, 0.25) is 0 Å². The van der Waals surface area contributed by atoms with Gasteiger partial charge in [0, 0.05) is 29.7 Å². The standard InChI is InChI=1S/C20H20BrN3O3S/c1-3-27-16-6-4-5-15(11-16)22-18(25)12-17-19(26)24(2)20(28-17)23-14-9-7-13(21)8-10-14/h4-11,17H,3,12H2,1-2H3,(H,22,25)/t17-/m1/s1. The van der Waals surface area contributed by atoms with Gasteiger partial charge in [-0.3, -0.25) is 14.5 Å².